The topological polar surface area (TPSA) is 47.6 Å². The zero-order valence-corrected chi connectivity index (χ0v) is 15.1. The van der Waals surface area contributed by atoms with E-state index in [2.05, 4.69) is 37.2 Å². The maximum Gasteiger partial charge on any atom is 0.262 e. The Kier molecular flexibility index (Phi) is 6.27. The van der Waals surface area contributed by atoms with Gasteiger partial charge >= 0.3 is 0 Å². The van der Waals surface area contributed by atoms with Gasteiger partial charge in [-0.05, 0) is 65.3 Å². The molecule has 0 bridgehead atoms. The minimum absolute atomic E-state index is 0.0621. The Labute approximate surface area is 146 Å². The van der Waals surface area contributed by atoms with Gasteiger partial charge in [0.1, 0.15) is 11.5 Å². The summed E-state index contributed by atoms with van der Waals surface area (Å²) in [4.78, 5) is 11.9. The summed E-state index contributed by atoms with van der Waals surface area (Å²) in [6.45, 7) is 2.47. The second-order valence-corrected chi connectivity index (χ2v) is 6.14. The molecule has 1 N–H and O–H groups in total. The molecular weight excluding hydrogens is 414 g/mol. The Morgan fingerprint density at radius 2 is 1.82 bits per heavy atom. The van der Waals surface area contributed by atoms with Gasteiger partial charge in [-0.3, -0.25) is 4.79 Å². The molecule has 0 aliphatic heterocycles. The van der Waals surface area contributed by atoms with Crippen molar-refractivity contribution in [2.75, 3.05) is 18.5 Å². The van der Waals surface area contributed by atoms with Crippen LogP contribution in [0.4, 0.5) is 5.69 Å². The highest BCUT2D eigenvalue weighted by Gasteiger charge is 2.07. The number of halogens is 2. The van der Waals surface area contributed by atoms with Gasteiger partial charge in [0.2, 0.25) is 0 Å². The molecule has 2 rings (SSSR count). The highest BCUT2D eigenvalue weighted by Crippen LogP contribution is 2.28. The second kappa shape index (κ2) is 8.19. The van der Waals surface area contributed by atoms with Crippen molar-refractivity contribution in [2.24, 2.45) is 0 Å². The minimum Gasteiger partial charge on any atom is -0.494 e. The van der Waals surface area contributed by atoms with Gasteiger partial charge in [0, 0.05) is 10.2 Å². The van der Waals surface area contributed by atoms with Crippen molar-refractivity contribution >= 4 is 43.5 Å². The summed E-state index contributed by atoms with van der Waals surface area (Å²) in [5.41, 5.74) is 0.701. The second-order valence-electron chi connectivity index (χ2n) is 4.37. The van der Waals surface area contributed by atoms with Gasteiger partial charge in [-0.25, -0.2) is 0 Å². The van der Waals surface area contributed by atoms with Crippen LogP contribution in [0.1, 0.15) is 6.92 Å². The van der Waals surface area contributed by atoms with Crippen LogP contribution < -0.4 is 14.8 Å². The predicted octanol–water partition coefficient (Wildman–Crippen LogP) is 4.63. The lowest BCUT2D eigenvalue weighted by molar-refractivity contribution is -0.118. The molecule has 0 radical (unpaired) electrons. The van der Waals surface area contributed by atoms with E-state index in [1.54, 1.807) is 18.2 Å². The van der Waals surface area contributed by atoms with E-state index >= 15 is 0 Å². The number of rotatable bonds is 6. The van der Waals surface area contributed by atoms with Crippen molar-refractivity contribution in [3.05, 3.63) is 51.4 Å². The minimum atomic E-state index is -0.223. The average molecular weight is 429 g/mol. The Bertz CT molecular complexity index is 644. The summed E-state index contributed by atoms with van der Waals surface area (Å²) in [5, 5.41) is 2.77. The first kappa shape index (κ1) is 16.8. The quantitative estimate of drug-likeness (QED) is 0.729. The summed E-state index contributed by atoms with van der Waals surface area (Å²) in [6.07, 6.45) is 0. The Morgan fingerprint density at radius 1 is 1.09 bits per heavy atom. The Hall–Kier alpha value is -1.53. The van der Waals surface area contributed by atoms with Gasteiger partial charge in [-0.2, -0.15) is 0 Å². The van der Waals surface area contributed by atoms with Crippen LogP contribution in [-0.2, 0) is 4.79 Å². The number of benzene rings is 2. The van der Waals surface area contributed by atoms with Gasteiger partial charge in [-0.15, -0.1) is 0 Å². The first-order valence-corrected chi connectivity index (χ1v) is 8.27. The third-order valence-electron chi connectivity index (χ3n) is 2.70. The summed E-state index contributed by atoms with van der Waals surface area (Å²) in [6, 6.07) is 12.7. The number of anilines is 1. The molecule has 0 spiro atoms. The van der Waals surface area contributed by atoms with Crippen molar-refractivity contribution in [2.45, 2.75) is 6.92 Å². The Morgan fingerprint density at radius 3 is 2.45 bits per heavy atom. The first-order chi connectivity index (χ1) is 10.6. The molecule has 1 amide bonds. The van der Waals surface area contributed by atoms with Crippen LogP contribution in [0, 0.1) is 0 Å². The van der Waals surface area contributed by atoms with Gasteiger partial charge in [0.15, 0.2) is 6.61 Å². The summed E-state index contributed by atoms with van der Waals surface area (Å²) in [7, 11) is 0. The summed E-state index contributed by atoms with van der Waals surface area (Å²) >= 11 is 6.75. The fourth-order valence-electron chi connectivity index (χ4n) is 1.73. The number of hydrogen-bond acceptors (Lipinski definition) is 3. The first-order valence-electron chi connectivity index (χ1n) is 6.69. The van der Waals surface area contributed by atoms with Crippen LogP contribution in [0.15, 0.2) is 51.4 Å². The van der Waals surface area contributed by atoms with Crippen LogP contribution in [0.3, 0.4) is 0 Å². The molecule has 0 atom stereocenters. The standard InChI is InChI=1S/C16H15Br2NO3/c1-2-21-13-6-4-12(5-7-13)19-16(20)10-22-15-8-3-11(17)9-14(15)18/h3-9H,2,10H2,1H3,(H,19,20). The normalized spacial score (nSPS) is 10.1. The third kappa shape index (κ3) is 5.03. The van der Waals surface area contributed by atoms with Gasteiger partial charge < -0.3 is 14.8 Å². The molecule has 2 aromatic carbocycles. The maximum absolute atomic E-state index is 11.9. The van der Waals surface area contributed by atoms with Gasteiger partial charge in [0.05, 0.1) is 11.1 Å². The molecule has 2 aromatic rings. The number of carbonyl (C=O) groups is 1. The number of amides is 1. The van der Waals surface area contributed by atoms with E-state index in [9.17, 15) is 4.79 Å². The molecule has 116 valence electrons. The molecule has 6 heteroatoms. The van der Waals surface area contributed by atoms with E-state index in [0.717, 1.165) is 14.7 Å². The largest absolute Gasteiger partial charge is 0.494 e. The lowest BCUT2D eigenvalue weighted by atomic mass is 10.3. The number of nitrogens with one attached hydrogen (secondary N) is 1. The average Bonchev–Trinajstić information content (AvgIpc) is 2.49. The van der Waals surface area contributed by atoms with Crippen molar-refractivity contribution < 1.29 is 14.3 Å². The number of carbonyl (C=O) groups excluding carboxylic acids is 1. The molecule has 0 saturated carbocycles. The highest BCUT2D eigenvalue weighted by molar-refractivity contribution is 9.11. The van der Waals surface area contributed by atoms with Crippen LogP contribution >= 0.6 is 31.9 Å². The summed E-state index contributed by atoms with van der Waals surface area (Å²) in [5.74, 6) is 1.17. The molecule has 0 aromatic heterocycles. The summed E-state index contributed by atoms with van der Waals surface area (Å²) < 4.78 is 12.6. The zero-order chi connectivity index (χ0) is 15.9. The zero-order valence-electron chi connectivity index (χ0n) is 11.9. The van der Waals surface area contributed by atoms with Crippen LogP contribution in [0.5, 0.6) is 11.5 Å². The van der Waals surface area contributed by atoms with E-state index in [1.807, 2.05) is 31.2 Å². The molecule has 0 saturated heterocycles. The van der Waals surface area contributed by atoms with E-state index < -0.39 is 0 Å². The van der Waals surface area contributed by atoms with Crippen molar-refractivity contribution in [1.29, 1.82) is 0 Å². The predicted molar refractivity (Wildman–Crippen MR) is 93.6 cm³/mol. The fourth-order valence-corrected chi connectivity index (χ4v) is 2.90. The Balaban J connectivity index is 1.87. The fraction of sp³-hybridized carbons (Fsp3) is 0.188. The molecule has 4 nitrogen and oxygen atoms in total. The van der Waals surface area contributed by atoms with E-state index in [1.165, 1.54) is 0 Å². The molecular formula is C16H15Br2NO3. The smallest absolute Gasteiger partial charge is 0.262 e. The van der Waals surface area contributed by atoms with Gasteiger partial charge in [0.25, 0.3) is 5.91 Å². The molecule has 22 heavy (non-hydrogen) atoms. The molecule has 0 unspecified atom stereocenters. The maximum atomic E-state index is 11.9. The van der Waals surface area contributed by atoms with Gasteiger partial charge in [-0.1, -0.05) is 15.9 Å². The molecule has 0 heterocycles. The highest BCUT2D eigenvalue weighted by atomic mass is 79.9. The third-order valence-corrected chi connectivity index (χ3v) is 3.81. The van der Waals surface area contributed by atoms with E-state index in [4.69, 9.17) is 9.47 Å². The van der Waals surface area contributed by atoms with Crippen LogP contribution in [-0.4, -0.2) is 19.1 Å². The SMILES string of the molecule is CCOc1ccc(NC(=O)COc2ccc(Br)cc2Br)cc1. The van der Waals surface area contributed by atoms with Crippen molar-refractivity contribution in [3.8, 4) is 11.5 Å². The number of hydrogen-bond donors (Lipinski definition) is 1. The monoisotopic (exact) mass is 427 g/mol. The number of ether oxygens (including phenoxy) is 2. The van der Waals surface area contributed by atoms with Crippen molar-refractivity contribution in [3.63, 3.8) is 0 Å². The molecule has 0 aliphatic carbocycles. The lowest BCUT2D eigenvalue weighted by Crippen LogP contribution is -2.20. The molecule has 0 aliphatic rings. The molecule has 0 fully saturated rings. The van der Waals surface area contributed by atoms with E-state index in [-0.39, 0.29) is 12.5 Å². The van der Waals surface area contributed by atoms with Crippen LogP contribution in [0.2, 0.25) is 0 Å². The van der Waals surface area contributed by atoms with E-state index in [0.29, 0.717) is 18.0 Å². The van der Waals surface area contributed by atoms with Crippen LogP contribution in [0.25, 0.3) is 0 Å². The van der Waals surface area contributed by atoms with Crippen molar-refractivity contribution in [1.82, 2.24) is 0 Å². The lowest BCUT2D eigenvalue weighted by Gasteiger charge is -2.10.